The molecule has 114 valence electrons. The molecule has 2 aromatic rings. The maximum Gasteiger partial charge on any atom is 0.224 e. The van der Waals surface area contributed by atoms with Crippen LogP contribution in [-0.2, 0) is 12.8 Å². The van der Waals surface area contributed by atoms with Crippen LogP contribution >= 0.6 is 11.6 Å². The molecular formula is C16H17ClN4O. The number of nitrogens with zero attached hydrogens (tertiary/aromatic N) is 3. The van der Waals surface area contributed by atoms with Gasteiger partial charge in [0.15, 0.2) is 0 Å². The molecule has 0 saturated carbocycles. The van der Waals surface area contributed by atoms with E-state index < -0.39 is 0 Å². The van der Waals surface area contributed by atoms with E-state index in [1.165, 1.54) is 5.56 Å². The molecule has 1 aromatic heterocycles. The lowest BCUT2D eigenvalue weighted by molar-refractivity contribution is 0.313. The van der Waals surface area contributed by atoms with Crippen LogP contribution in [0.1, 0.15) is 11.3 Å². The number of fused-ring (bicyclic) bond motifs is 2. The summed E-state index contributed by atoms with van der Waals surface area (Å²) in [5.41, 5.74) is 3.30. The van der Waals surface area contributed by atoms with Gasteiger partial charge in [0.1, 0.15) is 18.2 Å². The molecule has 0 spiro atoms. The highest BCUT2D eigenvalue weighted by molar-refractivity contribution is 6.28. The van der Waals surface area contributed by atoms with Crippen molar-refractivity contribution < 1.29 is 4.74 Å². The first-order valence-electron chi connectivity index (χ1n) is 7.58. The van der Waals surface area contributed by atoms with Crippen LogP contribution in [0.5, 0.6) is 5.75 Å². The summed E-state index contributed by atoms with van der Waals surface area (Å²) in [4.78, 5) is 11.2. The van der Waals surface area contributed by atoms with Gasteiger partial charge in [0, 0.05) is 18.5 Å². The molecule has 6 heteroatoms. The van der Waals surface area contributed by atoms with Gasteiger partial charge in [0.25, 0.3) is 0 Å². The van der Waals surface area contributed by atoms with Crippen LogP contribution in [0.25, 0.3) is 0 Å². The molecular weight excluding hydrogens is 300 g/mol. The summed E-state index contributed by atoms with van der Waals surface area (Å²) in [6, 6.07) is 8.06. The molecule has 0 bridgehead atoms. The van der Waals surface area contributed by atoms with Crippen molar-refractivity contribution in [3.8, 4) is 5.75 Å². The molecule has 0 radical (unpaired) electrons. The number of aromatic nitrogens is 2. The van der Waals surface area contributed by atoms with Crippen molar-refractivity contribution in [1.29, 1.82) is 0 Å². The van der Waals surface area contributed by atoms with Crippen LogP contribution in [0, 0.1) is 0 Å². The molecule has 0 unspecified atom stereocenters. The summed E-state index contributed by atoms with van der Waals surface area (Å²) in [5.74, 6) is 1.82. The summed E-state index contributed by atoms with van der Waals surface area (Å²) in [6.07, 6.45) is 1.80. The second kappa shape index (κ2) is 5.74. The second-order valence-electron chi connectivity index (χ2n) is 5.46. The third-order valence-corrected chi connectivity index (χ3v) is 4.29. The predicted octanol–water partition coefficient (Wildman–Crippen LogP) is 2.35. The number of halogens is 1. The zero-order chi connectivity index (χ0) is 14.9. The van der Waals surface area contributed by atoms with Crippen molar-refractivity contribution in [2.45, 2.75) is 12.8 Å². The molecule has 0 aliphatic carbocycles. The van der Waals surface area contributed by atoms with Crippen LogP contribution in [0.4, 0.5) is 11.5 Å². The third kappa shape index (κ3) is 2.40. The monoisotopic (exact) mass is 316 g/mol. The fourth-order valence-electron chi connectivity index (χ4n) is 3.11. The van der Waals surface area contributed by atoms with E-state index in [0.717, 1.165) is 55.4 Å². The SMILES string of the molecule is Clc1nc2c(c(N3CCOc4ccccc43)n1)CCNCC2. The molecule has 3 heterocycles. The van der Waals surface area contributed by atoms with E-state index in [0.29, 0.717) is 11.9 Å². The zero-order valence-corrected chi connectivity index (χ0v) is 12.9. The Bertz CT molecular complexity index is 707. The van der Waals surface area contributed by atoms with Gasteiger partial charge in [-0.05, 0) is 36.7 Å². The van der Waals surface area contributed by atoms with E-state index in [9.17, 15) is 0 Å². The lowest BCUT2D eigenvalue weighted by atomic mass is 10.1. The standard InChI is InChI=1S/C16H17ClN4O/c17-16-19-12-6-8-18-7-5-11(12)15(20-16)21-9-10-22-14-4-2-1-3-13(14)21/h1-4,18H,5-10H2. The maximum absolute atomic E-state index is 6.18. The van der Waals surface area contributed by atoms with Crippen molar-refractivity contribution in [3.63, 3.8) is 0 Å². The molecule has 1 N–H and O–H groups in total. The van der Waals surface area contributed by atoms with Gasteiger partial charge in [-0.1, -0.05) is 12.1 Å². The third-order valence-electron chi connectivity index (χ3n) is 4.12. The Morgan fingerprint density at radius 3 is 2.95 bits per heavy atom. The number of hydrogen-bond acceptors (Lipinski definition) is 5. The zero-order valence-electron chi connectivity index (χ0n) is 12.2. The largest absolute Gasteiger partial charge is 0.490 e. The van der Waals surface area contributed by atoms with Gasteiger partial charge < -0.3 is 15.0 Å². The van der Waals surface area contributed by atoms with E-state index in [1.807, 2.05) is 18.2 Å². The molecule has 5 nitrogen and oxygen atoms in total. The number of rotatable bonds is 1. The predicted molar refractivity (Wildman–Crippen MR) is 86.3 cm³/mol. The summed E-state index contributed by atoms with van der Waals surface area (Å²) >= 11 is 6.18. The second-order valence-corrected chi connectivity index (χ2v) is 5.80. The minimum absolute atomic E-state index is 0.319. The molecule has 22 heavy (non-hydrogen) atoms. The minimum atomic E-state index is 0.319. The Morgan fingerprint density at radius 2 is 2.00 bits per heavy atom. The van der Waals surface area contributed by atoms with Gasteiger partial charge in [0.2, 0.25) is 5.28 Å². The molecule has 0 amide bonds. The van der Waals surface area contributed by atoms with Crippen molar-refractivity contribution in [1.82, 2.24) is 15.3 Å². The Hall–Kier alpha value is -1.85. The van der Waals surface area contributed by atoms with Crippen LogP contribution in [0.15, 0.2) is 24.3 Å². The van der Waals surface area contributed by atoms with Crippen LogP contribution < -0.4 is 15.0 Å². The Kier molecular flexibility index (Phi) is 3.60. The van der Waals surface area contributed by atoms with E-state index in [-0.39, 0.29) is 0 Å². The van der Waals surface area contributed by atoms with Crippen LogP contribution in [-0.4, -0.2) is 36.2 Å². The number of para-hydroxylation sites is 2. The summed E-state index contributed by atoms with van der Waals surface area (Å²) in [5, 5.41) is 3.73. The molecule has 1 aromatic carbocycles. The number of anilines is 2. The summed E-state index contributed by atoms with van der Waals surface area (Å²) in [7, 11) is 0. The average Bonchev–Trinajstić information content (AvgIpc) is 2.79. The van der Waals surface area contributed by atoms with Crippen molar-refractivity contribution in [2.24, 2.45) is 0 Å². The van der Waals surface area contributed by atoms with Crippen LogP contribution in [0.2, 0.25) is 5.28 Å². The van der Waals surface area contributed by atoms with Gasteiger partial charge in [-0.3, -0.25) is 0 Å². The smallest absolute Gasteiger partial charge is 0.224 e. The first-order valence-corrected chi connectivity index (χ1v) is 7.96. The fourth-order valence-corrected chi connectivity index (χ4v) is 3.29. The Labute approximate surface area is 134 Å². The number of benzene rings is 1. The van der Waals surface area contributed by atoms with Gasteiger partial charge in [0.05, 0.1) is 17.9 Å². The average molecular weight is 317 g/mol. The first-order chi connectivity index (χ1) is 10.8. The van der Waals surface area contributed by atoms with Gasteiger partial charge in [-0.15, -0.1) is 0 Å². The quantitative estimate of drug-likeness (QED) is 0.818. The van der Waals surface area contributed by atoms with E-state index in [1.54, 1.807) is 0 Å². The molecule has 0 fully saturated rings. The van der Waals surface area contributed by atoms with Crippen LogP contribution in [0.3, 0.4) is 0 Å². The first kappa shape index (κ1) is 13.8. The lowest BCUT2D eigenvalue weighted by Crippen LogP contribution is -2.30. The topological polar surface area (TPSA) is 50.3 Å². The fraction of sp³-hybridized carbons (Fsp3) is 0.375. The minimum Gasteiger partial charge on any atom is -0.490 e. The van der Waals surface area contributed by atoms with Crippen molar-refractivity contribution in [3.05, 3.63) is 40.8 Å². The molecule has 0 atom stereocenters. The van der Waals surface area contributed by atoms with E-state index >= 15 is 0 Å². The normalized spacial score (nSPS) is 17.2. The molecule has 2 aliphatic heterocycles. The lowest BCUT2D eigenvalue weighted by Gasteiger charge is -2.32. The van der Waals surface area contributed by atoms with E-state index in [4.69, 9.17) is 16.3 Å². The highest BCUT2D eigenvalue weighted by Crippen LogP contribution is 2.38. The van der Waals surface area contributed by atoms with Gasteiger partial charge in [-0.2, -0.15) is 4.98 Å². The highest BCUT2D eigenvalue weighted by atomic mass is 35.5. The van der Waals surface area contributed by atoms with Gasteiger partial charge in [-0.25, -0.2) is 4.98 Å². The highest BCUT2D eigenvalue weighted by Gasteiger charge is 2.25. The number of ether oxygens (including phenoxy) is 1. The maximum atomic E-state index is 6.18. The Morgan fingerprint density at radius 1 is 1.14 bits per heavy atom. The van der Waals surface area contributed by atoms with Crippen molar-refractivity contribution in [2.75, 3.05) is 31.1 Å². The Balaban J connectivity index is 1.85. The molecule has 2 aliphatic rings. The van der Waals surface area contributed by atoms with Gasteiger partial charge >= 0.3 is 0 Å². The summed E-state index contributed by atoms with van der Waals surface area (Å²) < 4.78 is 5.74. The molecule has 0 saturated heterocycles. The number of nitrogens with one attached hydrogen (secondary N) is 1. The molecule has 4 rings (SSSR count). The van der Waals surface area contributed by atoms with Crippen molar-refractivity contribution >= 4 is 23.1 Å². The number of hydrogen-bond donors (Lipinski definition) is 1. The summed E-state index contributed by atoms with van der Waals surface area (Å²) in [6.45, 7) is 3.28. The van der Waals surface area contributed by atoms with E-state index in [2.05, 4.69) is 26.3 Å².